The van der Waals surface area contributed by atoms with E-state index in [9.17, 15) is 17.6 Å². The van der Waals surface area contributed by atoms with Crippen LogP contribution in [0.25, 0.3) is 0 Å². The van der Waals surface area contributed by atoms with Crippen molar-refractivity contribution in [3.8, 4) is 0 Å². The molecule has 0 bridgehead atoms. The zero-order valence-corrected chi connectivity index (χ0v) is 19.4. The first kappa shape index (κ1) is 23.2. The van der Waals surface area contributed by atoms with Crippen molar-refractivity contribution in [3.05, 3.63) is 65.5 Å². The topological polar surface area (TPSA) is 92.3 Å². The van der Waals surface area contributed by atoms with Gasteiger partial charge in [-0.25, -0.2) is 12.8 Å². The molecule has 1 amide bonds. The SMILES string of the molecule is CCCSc1nnc(NC(=O)c2ccc(CN(c3ccccc3F)S(C)(=O)=O)cc2)s1. The first-order valence-electron chi connectivity index (χ1n) is 9.36. The number of hydrogen-bond donors (Lipinski definition) is 1. The van der Waals surface area contributed by atoms with E-state index < -0.39 is 15.8 Å². The predicted octanol–water partition coefficient (Wildman–Crippen LogP) is 4.40. The van der Waals surface area contributed by atoms with Crippen molar-refractivity contribution in [2.75, 3.05) is 21.6 Å². The molecule has 0 aliphatic rings. The summed E-state index contributed by atoms with van der Waals surface area (Å²) < 4.78 is 40.4. The summed E-state index contributed by atoms with van der Waals surface area (Å²) in [5.41, 5.74) is 0.970. The van der Waals surface area contributed by atoms with E-state index in [1.165, 1.54) is 29.5 Å². The number of anilines is 2. The van der Waals surface area contributed by atoms with Gasteiger partial charge in [-0.15, -0.1) is 10.2 Å². The number of aromatic nitrogens is 2. The molecule has 0 aliphatic carbocycles. The number of para-hydroxylation sites is 1. The molecule has 3 rings (SSSR count). The van der Waals surface area contributed by atoms with Crippen LogP contribution >= 0.6 is 23.1 Å². The first-order valence-corrected chi connectivity index (χ1v) is 13.0. The minimum atomic E-state index is -3.71. The highest BCUT2D eigenvalue weighted by molar-refractivity contribution is 8.01. The third-order valence-corrected chi connectivity index (χ3v) is 7.42. The zero-order chi connectivity index (χ0) is 22.4. The van der Waals surface area contributed by atoms with Gasteiger partial charge in [-0.2, -0.15) is 0 Å². The standard InChI is InChI=1S/C20H21FN4O3S3/c1-3-12-29-20-24-23-19(30-20)22-18(26)15-10-8-14(9-11-15)13-25(31(2,27)28)17-7-5-4-6-16(17)21/h4-11H,3,12-13H2,1-2H3,(H,22,23,26). The second kappa shape index (κ2) is 10.2. The fourth-order valence-electron chi connectivity index (χ4n) is 2.64. The molecule has 0 atom stereocenters. The van der Waals surface area contributed by atoms with Crippen LogP contribution in [0.3, 0.4) is 0 Å². The maximum absolute atomic E-state index is 14.1. The zero-order valence-electron chi connectivity index (χ0n) is 16.9. The predicted molar refractivity (Wildman–Crippen MR) is 123 cm³/mol. The highest BCUT2D eigenvalue weighted by Crippen LogP contribution is 2.26. The Morgan fingerprint density at radius 3 is 2.52 bits per heavy atom. The summed E-state index contributed by atoms with van der Waals surface area (Å²) in [6.45, 7) is 2.02. The smallest absolute Gasteiger partial charge is 0.257 e. The largest absolute Gasteiger partial charge is 0.296 e. The van der Waals surface area contributed by atoms with Gasteiger partial charge < -0.3 is 0 Å². The molecule has 1 aromatic heterocycles. The molecule has 0 radical (unpaired) electrons. The Hall–Kier alpha value is -2.50. The van der Waals surface area contributed by atoms with Gasteiger partial charge in [-0.05, 0) is 36.2 Å². The van der Waals surface area contributed by atoms with Gasteiger partial charge >= 0.3 is 0 Å². The number of carbonyl (C=O) groups excluding carboxylic acids is 1. The number of carbonyl (C=O) groups is 1. The summed E-state index contributed by atoms with van der Waals surface area (Å²) in [5, 5.41) is 11.1. The minimum Gasteiger partial charge on any atom is -0.296 e. The molecule has 7 nitrogen and oxygen atoms in total. The molecule has 0 saturated carbocycles. The van der Waals surface area contributed by atoms with Gasteiger partial charge in [0, 0.05) is 11.3 Å². The first-order chi connectivity index (χ1) is 14.8. The normalized spacial score (nSPS) is 11.3. The van der Waals surface area contributed by atoms with Crippen molar-refractivity contribution in [2.45, 2.75) is 24.2 Å². The van der Waals surface area contributed by atoms with Crippen molar-refractivity contribution in [1.29, 1.82) is 0 Å². The number of rotatable bonds is 9. The van der Waals surface area contributed by atoms with Gasteiger partial charge in [0.1, 0.15) is 5.82 Å². The van der Waals surface area contributed by atoms with Crippen LogP contribution in [0.2, 0.25) is 0 Å². The number of thioether (sulfide) groups is 1. The molecule has 3 aromatic rings. The molecular weight excluding hydrogens is 459 g/mol. The highest BCUT2D eigenvalue weighted by atomic mass is 32.2. The van der Waals surface area contributed by atoms with E-state index in [4.69, 9.17) is 0 Å². The molecule has 31 heavy (non-hydrogen) atoms. The number of sulfonamides is 1. The molecule has 0 unspecified atom stereocenters. The lowest BCUT2D eigenvalue weighted by molar-refractivity contribution is 0.102. The van der Waals surface area contributed by atoms with Crippen LogP contribution in [0.4, 0.5) is 15.2 Å². The van der Waals surface area contributed by atoms with Crippen molar-refractivity contribution >= 4 is 49.8 Å². The molecular formula is C20H21FN4O3S3. The second-order valence-electron chi connectivity index (χ2n) is 6.59. The van der Waals surface area contributed by atoms with Crippen LogP contribution in [0.15, 0.2) is 52.9 Å². The molecule has 0 saturated heterocycles. The van der Waals surface area contributed by atoms with E-state index in [0.717, 1.165) is 27.1 Å². The number of nitrogens with one attached hydrogen (secondary N) is 1. The summed E-state index contributed by atoms with van der Waals surface area (Å²) >= 11 is 2.89. The number of amides is 1. The van der Waals surface area contributed by atoms with Crippen LogP contribution < -0.4 is 9.62 Å². The van der Waals surface area contributed by atoms with Crippen molar-refractivity contribution in [2.24, 2.45) is 0 Å². The van der Waals surface area contributed by atoms with Crippen LogP contribution in [0.5, 0.6) is 0 Å². The molecule has 11 heteroatoms. The average molecular weight is 481 g/mol. The average Bonchev–Trinajstić information content (AvgIpc) is 3.18. The van der Waals surface area contributed by atoms with Crippen LogP contribution in [-0.4, -0.2) is 36.5 Å². The molecule has 2 aromatic carbocycles. The fraction of sp³-hybridized carbons (Fsp3) is 0.250. The Balaban J connectivity index is 1.70. The van der Waals surface area contributed by atoms with Gasteiger partial charge in [0.25, 0.3) is 5.91 Å². The monoisotopic (exact) mass is 480 g/mol. The molecule has 164 valence electrons. The Morgan fingerprint density at radius 1 is 1.16 bits per heavy atom. The van der Waals surface area contributed by atoms with Gasteiger partial charge in [-0.1, -0.05) is 54.3 Å². The second-order valence-corrected chi connectivity index (χ2v) is 10.8. The highest BCUT2D eigenvalue weighted by Gasteiger charge is 2.21. The minimum absolute atomic E-state index is 0.0279. The van der Waals surface area contributed by atoms with E-state index >= 15 is 0 Å². The molecule has 0 spiro atoms. The lowest BCUT2D eigenvalue weighted by atomic mass is 10.1. The third-order valence-electron chi connectivity index (χ3n) is 4.12. The van der Waals surface area contributed by atoms with E-state index in [0.29, 0.717) is 16.3 Å². The van der Waals surface area contributed by atoms with E-state index in [2.05, 4.69) is 22.4 Å². The van der Waals surface area contributed by atoms with Gasteiger partial charge in [0.05, 0.1) is 18.5 Å². The number of nitrogens with zero attached hydrogens (tertiary/aromatic N) is 3. The Bertz CT molecular complexity index is 1150. The third kappa shape index (κ3) is 6.25. The maximum Gasteiger partial charge on any atom is 0.257 e. The number of hydrogen-bond acceptors (Lipinski definition) is 7. The molecule has 0 aliphatic heterocycles. The summed E-state index contributed by atoms with van der Waals surface area (Å²) in [4.78, 5) is 12.5. The summed E-state index contributed by atoms with van der Waals surface area (Å²) in [5.74, 6) is -0.0391. The van der Waals surface area contributed by atoms with Crippen molar-refractivity contribution in [3.63, 3.8) is 0 Å². The lowest BCUT2D eigenvalue weighted by Crippen LogP contribution is -2.30. The van der Waals surface area contributed by atoms with E-state index in [1.807, 2.05) is 0 Å². The lowest BCUT2D eigenvalue weighted by Gasteiger charge is -2.23. The Morgan fingerprint density at radius 2 is 1.87 bits per heavy atom. The van der Waals surface area contributed by atoms with Crippen LogP contribution in [-0.2, 0) is 16.6 Å². The van der Waals surface area contributed by atoms with E-state index in [1.54, 1.807) is 42.1 Å². The van der Waals surface area contributed by atoms with Crippen LogP contribution in [0.1, 0.15) is 29.3 Å². The van der Waals surface area contributed by atoms with Crippen molar-refractivity contribution < 1.29 is 17.6 Å². The summed E-state index contributed by atoms with van der Waals surface area (Å²) in [6.07, 6.45) is 2.04. The van der Waals surface area contributed by atoms with Gasteiger partial charge in [-0.3, -0.25) is 14.4 Å². The fourth-order valence-corrected chi connectivity index (χ4v) is 5.20. The maximum atomic E-state index is 14.1. The summed E-state index contributed by atoms with van der Waals surface area (Å²) in [7, 11) is -3.71. The Labute approximate surface area is 188 Å². The van der Waals surface area contributed by atoms with Gasteiger partial charge in [0.15, 0.2) is 4.34 Å². The molecule has 1 heterocycles. The summed E-state index contributed by atoms with van der Waals surface area (Å²) in [6, 6.07) is 12.1. The van der Waals surface area contributed by atoms with Crippen LogP contribution in [0, 0.1) is 5.82 Å². The van der Waals surface area contributed by atoms with Gasteiger partial charge in [0.2, 0.25) is 15.2 Å². The number of halogens is 1. The Kier molecular flexibility index (Phi) is 7.63. The molecule has 0 fully saturated rings. The number of benzene rings is 2. The quantitative estimate of drug-likeness (QED) is 0.361. The van der Waals surface area contributed by atoms with E-state index in [-0.39, 0.29) is 18.1 Å². The molecule has 1 N–H and O–H groups in total. The van der Waals surface area contributed by atoms with Crippen molar-refractivity contribution in [1.82, 2.24) is 10.2 Å².